The quantitative estimate of drug-likeness (QED) is 0.902. The summed E-state index contributed by atoms with van der Waals surface area (Å²) in [6, 6.07) is 10.2. The third-order valence-electron chi connectivity index (χ3n) is 3.08. The first kappa shape index (κ1) is 13.2. The van der Waals surface area contributed by atoms with Gasteiger partial charge in [-0.2, -0.15) is 0 Å². The van der Waals surface area contributed by atoms with E-state index in [0.717, 1.165) is 15.8 Å². The minimum absolute atomic E-state index is 0.00963. The maximum Gasteiger partial charge on any atom is 0.228 e. The van der Waals surface area contributed by atoms with Crippen molar-refractivity contribution in [3.05, 3.63) is 50.6 Å². The molecule has 98 valence electrons. The number of rotatable bonds is 3. The predicted molar refractivity (Wildman–Crippen MR) is 83.8 cm³/mol. The molecule has 2 heterocycles. The molecule has 3 rings (SSSR count). The molecule has 2 nitrogen and oxygen atoms in total. The summed E-state index contributed by atoms with van der Waals surface area (Å²) in [5.41, 5.74) is 1.16. The largest absolute Gasteiger partial charge is 0.351 e. The summed E-state index contributed by atoms with van der Waals surface area (Å²) in [7, 11) is 0. The number of hydrogen-bond acceptors (Lipinski definition) is 3. The Kier molecular flexibility index (Phi) is 3.96. The van der Waals surface area contributed by atoms with Gasteiger partial charge in [0.05, 0.1) is 12.5 Å². The molecule has 5 heteroatoms. The predicted octanol–water partition coefficient (Wildman–Crippen LogP) is 4.02. The van der Waals surface area contributed by atoms with E-state index in [2.05, 4.69) is 33.4 Å². The van der Waals surface area contributed by atoms with Crippen molar-refractivity contribution < 1.29 is 4.79 Å². The second kappa shape index (κ2) is 5.69. The zero-order valence-electron chi connectivity index (χ0n) is 10.1. The number of thioether (sulfide) groups is 1. The molecule has 0 bridgehead atoms. The lowest BCUT2D eigenvalue weighted by molar-refractivity contribution is -0.122. The van der Waals surface area contributed by atoms with E-state index in [1.165, 1.54) is 9.77 Å². The maximum absolute atomic E-state index is 12.3. The van der Waals surface area contributed by atoms with Gasteiger partial charge in [0.15, 0.2) is 0 Å². The second-order valence-electron chi connectivity index (χ2n) is 4.35. The highest BCUT2D eigenvalue weighted by molar-refractivity contribution is 9.10. The van der Waals surface area contributed by atoms with E-state index < -0.39 is 0 Å². The molecule has 0 spiro atoms. The maximum atomic E-state index is 12.3. The number of thiophene rings is 1. The van der Waals surface area contributed by atoms with Crippen LogP contribution in [0.4, 0.5) is 0 Å². The molecule has 0 saturated heterocycles. The number of hydrogen-bond donors (Lipinski definition) is 1. The van der Waals surface area contributed by atoms with Gasteiger partial charge < -0.3 is 5.32 Å². The highest BCUT2D eigenvalue weighted by Gasteiger charge is 2.28. The van der Waals surface area contributed by atoms with Crippen LogP contribution in [0.15, 0.2) is 45.1 Å². The molecule has 0 fully saturated rings. The van der Waals surface area contributed by atoms with Gasteiger partial charge in [0.25, 0.3) is 0 Å². The molecular formula is C14H12BrNOS2. The topological polar surface area (TPSA) is 29.1 Å². The van der Waals surface area contributed by atoms with Crippen LogP contribution >= 0.6 is 39.0 Å². The lowest BCUT2D eigenvalue weighted by Crippen LogP contribution is -2.28. The SMILES string of the molecule is O=C(NCc1cc(Br)cs1)C1CSc2ccccc21. The van der Waals surface area contributed by atoms with E-state index in [1.807, 2.05) is 23.6 Å². The molecule has 1 atom stereocenters. The first-order chi connectivity index (χ1) is 9.24. The summed E-state index contributed by atoms with van der Waals surface area (Å²) >= 11 is 6.84. The minimum Gasteiger partial charge on any atom is -0.351 e. The van der Waals surface area contributed by atoms with Gasteiger partial charge in [-0.3, -0.25) is 4.79 Å². The van der Waals surface area contributed by atoms with Crippen LogP contribution in [-0.4, -0.2) is 11.7 Å². The summed E-state index contributed by atoms with van der Waals surface area (Å²) < 4.78 is 1.07. The smallest absolute Gasteiger partial charge is 0.228 e. The van der Waals surface area contributed by atoms with E-state index in [-0.39, 0.29) is 11.8 Å². The lowest BCUT2D eigenvalue weighted by Gasteiger charge is -2.10. The number of nitrogens with one attached hydrogen (secondary N) is 1. The normalized spacial score (nSPS) is 17.2. The number of fused-ring (bicyclic) bond motifs is 1. The Hall–Kier alpha value is -0.780. The van der Waals surface area contributed by atoms with Crippen molar-refractivity contribution in [2.75, 3.05) is 5.75 Å². The second-order valence-corrected chi connectivity index (χ2v) is 7.32. The summed E-state index contributed by atoms with van der Waals surface area (Å²) in [4.78, 5) is 14.7. The summed E-state index contributed by atoms with van der Waals surface area (Å²) in [6.45, 7) is 0.610. The van der Waals surface area contributed by atoms with Crippen molar-refractivity contribution in [1.29, 1.82) is 0 Å². The van der Waals surface area contributed by atoms with Gasteiger partial charge >= 0.3 is 0 Å². The zero-order chi connectivity index (χ0) is 13.2. The zero-order valence-corrected chi connectivity index (χ0v) is 13.3. The standard InChI is InChI=1S/C14H12BrNOS2/c15-9-5-10(18-7-9)6-16-14(17)12-8-19-13-4-2-1-3-11(12)13/h1-5,7,12H,6,8H2,(H,16,17). The first-order valence-electron chi connectivity index (χ1n) is 5.96. The van der Waals surface area contributed by atoms with E-state index >= 15 is 0 Å². The number of carbonyl (C=O) groups is 1. The van der Waals surface area contributed by atoms with Crippen molar-refractivity contribution >= 4 is 44.9 Å². The van der Waals surface area contributed by atoms with Crippen molar-refractivity contribution in [3.63, 3.8) is 0 Å². The van der Waals surface area contributed by atoms with Gasteiger partial charge in [-0.25, -0.2) is 0 Å². The molecule has 1 aliphatic heterocycles. The monoisotopic (exact) mass is 353 g/mol. The van der Waals surface area contributed by atoms with Crippen LogP contribution in [0.2, 0.25) is 0 Å². The minimum atomic E-state index is -0.00963. The van der Waals surface area contributed by atoms with Crippen LogP contribution in [0.5, 0.6) is 0 Å². The molecule has 2 aromatic rings. The van der Waals surface area contributed by atoms with Gasteiger partial charge in [0.1, 0.15) is 0 Å². The Morgan fingerprint density at radius 1 is 1.42 bits per heavy atom. The lowest BCUT2D eigenvalue weighted by atomic mass is 10.0. The molecule has 0 aliphatic carbocycles. The molecule has 19 heavy (non-hydrogen) atoms. The van der Waals surface area contributed by atoms with Crippen LogP contribution in [0.3, 0.4) is 0 Å². The molecule has 1 unspecified atom stereocenters. The first-order valence-corrected chi connectivity index (χ1v) is 8.62. The molecule has 1 aliphatic rings. The van der Waals surface area contributed by atoms with E-state index in [4.69, 9.17) is 0 Å². The number of benzene rings is 1. The van der Waals surface area contributed by atoms with Crippen LogP contribution in [0.1, 0.15) is 16.4 Å². The van der Waals surface area contributed by atoms with Crippen molar-refractivity contribution in [3.8, 4) is 0 Å². The molecule has 0 saturated carbocycles. The molecule has 1 N–H and O–H groups in total. The summed E-state index contributed by atoms with van der Waals surface area (Å²) in [5.74, 6) is 0.964. The average Bonchev–Trinajstić information content (AvgIpc) is 3.02. The average molecular weight is 354 g/mol. The summed E-state index contributed by atoms with van der Waals surface area (Å²) in [6.07, 6.45) is 0. The van der Waals surface area contributed by atoms with Gasteiger partial charge in [-0.15, -0.1) is 23.1 Å². The Labute approximate surface area is 128 Å². The summed E-state index contributed by atoms with van der Waals surface area (Å²) in [5, 5.41) is 5.06. The number of halogens is 1. The fourth-order valence-electron chi connectivity index (χ4n) is 2.12. The Bertz CT molecular complexity index is 611. The fourth-order valence-corrected chi connectivity index (χ4v) is 4.74. The van der Waals surface area contributed by atoms with Crippen molar-refractivity contribution in [2.45, 2.75) is 17.4 Å². The van der Waals surface area contributed by atoms with E-state index in [0.29, 0.717) is 6.54 Å². The van der Waals surface area contributed by atoms with Gasteiger partial charge in [0.2, 0.25) is 5.91 Å². The highest BCUT2D eigenvalue weighted by Crippen LogP contribution is 2.39. The fraction of sp³-hybridized carbons (Fsp3) is 0.214. The van der Waals surface area contributed by atoms with Gasteiger partial charge in [-0.1, -0.05) is 18.2 Å². The molecule has 1 amide bonds. The third-order valence-corrected chi connectivity index (χ3v) is 5.96. The van der Waals surface area contributed by atoms with Crippen LogP contribution in [0, 0.1) is 0 Å². The highest BCUT2D eigenvalue weighted by atomic mass is 79.9. The Balaban J connectivity index is 1.66. The van der Waals surface area contributed by atoms with Crippen molar-refractivity contribution in [1.82, 2.24) is 5.32 Å². The Morgan fingerprint density at radius 3 is 3.05 bits per heavy atom. The molecular weight excluding hydrogens is 342 g/mol. The van der Waals surface area contributed by atoms with E-state index in [1.54, 1.807) is 23.1 Å². The van der Waals surface area contributed by atoms with Crippen LogP contribution in [0.25, 0.3) is 0 Å². The van der Waals surface area contributed by atoms with Crippen molar-refractivity contribution in [2.24, 2.45) is 0 Å². The molecule has 1 aromatic heterocycles. The van der Waals surface area contributed by atoms with Gasteiger partial charge in [-0.05, 0) is 33.6 Å². The molecule has 0 radical (unpaired) electrons. The Morgan fingerprint density at radius 2 is 2.26 bits per heavy atom. The molecule has 1 aromatic carbocycles. The number of carbonyl (C=O) groups excluding carboxylic acids is 1. The van der Waals surface area contributed by atoms with Crippen LogP contribution < -0.4 is 5.32 Å². The third kappa shape index (κ3) is 2.88. The van der Waals surface area contributed by atoms with Crippen LogP contribution in [-0.2, 0) is 11.3 Å². The van der Waals surface area contributed by atoms with Gasteiger partial charge in [0, 0.05) is 25.4 Å². The number of amides is 1. The van der Waals surface area contributed by atoms with E-state index in [9.17, 15) is 4.79 Å².